The highest BCUT2D eigenvalue weighted by atomic mass is 16.4. The highest BCUT2D eigenvalue weighted by molar-refractivity contribution is 6.27. The number of rotatable bonds is 0. The highest BCUT2D eigenvalue weighted by Crippen LogP contribution is 1.56. The Kier molecular flexibility index (Phi) is 22.0. The largest absolute Gasteiger partial charge is 0.473 e. The monoisotopic (exact) mass is 282 g/mol. The van der Waals surface area contributed by atoms with E-state index in [0.29, 0.717) is 0 Å². The normalized spacial score (nSPS) is 6.53. The molecule has 14 nitrogen and oxygen atoms in total. The van der Waals surface area contributed by atoms with Crippen LogP contribution in [0.5, 0.6) is 0 Å². The smallest absolute Gasteiger partial charge is 0.414 e. The van der Waals surface area contributed by atoms with Gasteiger partial charge in [-0.15, -0.1) is 5.10 Å². The predicted octanol–water partition coefficient (Wildman–Crippen LogP) is -5.03. The Morgan fingerprint density at radius 1 is 0.789 bits per heavy atom. The molecule has 0 unspecified atom stereocenters. The molecule has 0 rings (SSSR count). The van der Waals surface area contributed by atoms with Crippen LogP contribution in [0.25, 0.3) is 0 Å². The lowest BCUT2D eigenvalue weighted by molar-refractivity contribution is -0.159. The summed E-state index contributed by atoms with van der Waals surface area (Å²) in [6.07, 6.45) is 0. The van der Waals surface area contributed by atoms with Gasteiger partial charge >= 0.3 is 11.9 Å². The van der Waals surface area contributed by atoms with E-state index in [9.17, 15) is 0 Å². The van der Waals surface area contributed by atoms with E-state index in [0.717, 1.165) is 0 Å². The standard InChI is InChI=1S/C2H2O4.CH6N4.2CH5N3/c3-1(4)2(5)6;2-1(3)5-4;2*2-1(3)4/h(H,3,4)(H,5,6);4H2,(H4,2,3,5);2*(H5,2,3,4). The van der Waals surface area contributed by atoms with Gasteiger partial charge in [-0.3, -0.25) is 10.8 Å². The van der Waals surface area contributed by atoms with Crippen molar-refractivity contribution in [1.82, 2.24) is 0 Å². The van der Waals surface area contributed by atoms with Gasteiger partial charge in [0.1, 0.15) is 0 Å². The fraction of sp³-hybridized carbons (Fsp3) is 0. The molecule has 0 amide bonds. The lowest BCUT2D eigenvalue weighted by Crippen LogP contribution is -2.23. The summed E-state index contributed by atoms with van der Waals surface area (Å²) in [6.45, 7) is 0. The third-order valence-corrected chi connectivity index (χ3v) is 0.332. The van der Waals surface area contributed by atoms with Crippen LogP contribution >= 0.6 is 0 Å². The predicted molar refractivity (Wildman–Crippen MR) is 67.5 cm³/mol. The number of hydrogen-bond acceptors (Lipinski definition) is 6. The highest BCUT2D eigenvalue weighted by Gasteiger charge is 2.04. The lowest BCUT2D eigenvalue weighted by atomic mass is 10.7. The van der Waals surface area contributed by atoms with Crippen LogP contribution in [0.2, 0.25) is 0 Å². The number of carboxylic acids is 2. The molecular weight excluding hydrogens is 264 g/mol. The summed E-state index contributed by atoms with van der Waals surface area (Å²) < 4.78 is 0. The molecule has 0 aliphatic rings. The van der Waals surface area contributed by atoms with Crippen molar-refractivity contribution in [3.05, 3.63) is 0 Å². The Labute approximate surface area is 107 Å². The molecule has 19 heavy (non-hydrogen) atoms. The van der Waals surface area contributed by atoms with Crippen LogP contribution in [-0.4, -0.2) is 40.0 Å². The Bertz CT molecular complexity index is 290. The first-order valence-electron chi connectivity index (χ1n) is 3.82. The van der Waals surface area contributed by atoms with Crippen molar-refractivity contribution < 1.29 is 19.8 Å². The molecule has 0 aromatic carbocycles. The van der Waals surface area contributed by atoms with Gasteiger partial charge in [-0.05, 0) is 0 Å². The molecule has 0 aliphatic carbocycles. The number of nitrogens with zero attached hydrogens (tertiary/aromatic N) is 1. The number of nitrogens with one attached hydrogen (secondary N) is 2. The average Bonchev–Trinajstić information content (AvgIpc) is 2.16. The summed E-state index contributed by atoms with van der Waals surface area (Å²) in [5.74, 6) is 0.102. The Morgan fingerprint density at radius 3 is 0.895 bits per heavy atom. The molecule has 112 valence electrons. The van der Waals surface area contributed by atoms with Crippen LogP contribution < -0.4 is 40.2 Å². The zero-order chi connectivity index (χ0) is 16.6. The number of guanidine groups is 3. The molecule has 0 spiro atoms. The molecule has 0 aromatic rings. The first kappa shape index (κ1) is 24.7. The van der Waals surface area contributed by atoms with Crippen molar-refractivity contribution in [2.24, 2.45) is 45.3 Å². The second-order valence-corrected chi connectivity index (χ2v) is 2.07. The number of carboxylic acid groups (broad SMARTS) is 2. The first-order chi connectivity index (χ1) is 8.38. The van der Waals surface area contributed by atoms with Crippen molar-refractivity contribution in [2.45, 2.75) is 0 Å². The van der Waals surface area contributed by atoms with Crippen molar-refractivity contribution in [3.63, 3.8) is 0 Å². The van der Waals surface area contributed by atoms with E-state index in [1.807, 2.05) is 0 Å². The van der Waals surface area contributed by atoms with E-state index < -0.39 is 11.9 Å². The van der Waals surface area contributed by atoms with Gasteiger partial charge in [-0.1, -0.05) is 0 Å². The summed E-state index contributed by atoms with van der Waals surface area (Å²) in [5, 5.41) is 29.8. The van der Waals surface area contributed by atoms with E-state index >= 15 is 0 Å². The minimum atomic E-state index is -1.82. The zero-order valence-electron chi connectivity index (χ0n) is 9.70. The van der Waals surface area contributed by atoms with E-state index in [1.54, 1.807) is 0 Å². The molecule has 0 aromatic heterocycles. The summed E-state index contributed by atoms with van der Waals surface area (Å²) >= 11 is 0. The van der Waals surface area contributed by atoms with Crippen molar-refractivity contribution >= 4 is 29.8 Å². The number of hydrogen-bond donors (Lipinski definition) is 11. The topological polar surface area (TPSA) is 317 Å². The molecule has 0 fully saturated rings. The van der Waals surface area contributed by atoms with Gasteiger partial charge in [0.05, 0.1) is 0 Å². The van der Waals surface area contributed by atoms with Gasteiger partial charge < -0.3 is 50.5 Å². The first-order valence-corrected chi connectivity index (χ1v) is 3.82. The lowest BCUT2D eigenvalue weighted by Gasteiger charge is -1.76. The molecule has 0 saturated carbocycles. The van der Waals surface area contributed by atoms with Crippen LogP contribution in [0.4, 0.5) is 0 Å². The number of carbonyl (C=O) groups is 2. The molecule has 0 bridgehead atoms. The van der Waals surface area contributed by atoms with Gasteiger partial charge in [0.15, 0.2) is 11.9 Å². The van der Waals surface area contributed by atoms with Crippen molar-refractivity contribution in [1.29, 1.82) is 10.8 Å². The fourth-order valence-corrected chi connectivity index (χ4v) is 0. The van der Waals surface area contributed by atoms with Crippen molar-refractivity contribution in [2.75, 3.05) is 0 Å². The summed E-state index contributed by atoms with van der Waals surface area (Å²) in [7, 11) is 0. The molecule has 14 heteroatoms. The van der Waals surface area contributed by atoms with Crippen LogP contribution in [0.15, 0.2) is 5.10 Å². The molecule has 0 heterocycles. The van der Waals surface area contributed by atoms with E-state index in [-0.39, 0.29) is 17.9 Å². The fourth-order valence-electron chi connectivity index (χ4n) is 0. The summed E-state index contributed by atoms with van der Waals surface area (Å²) in [4.78, 5) is 18.2. The van der Waals surface area contributed by atoms with Gasteiger partial charge in [-0.25, -0.2) is 9.59 Å². The maximum absolute atomic E-state index is 9.10. The van der Waals surface area contributed by atoms with Gasteiger partial charge in [0.2, 0.25) is 5.96 Å². The van der Waals surface area contributed by atoms with Crippen LogP contribution in [-0.2, 0) is 9.59 Å². The van der Waals surface area contributed by atoms with Crippen molar-refractivity contribution in [3.8, 4) is 0 Å². The average molecular weight is 282 g/mol. The Morgan fingerprint density at radius 2 is 0.895 bits per heavy atom. The van der Waals surface area contributed by atoms with Gasteiger partial charge in [0.25, 0.3) is 0 Å². The molecule has 0 aliphatic heterocycles. The van der Waals surface area contributed by atoms with Gasteiger partial charge in [-0.2, -0.15) is 0 Å². The van der Waals surface area contributed by atoms with E-state index in [4.69, 9.17) is 42.1 Å². The van der Waals surface area contributed by atoms with Crippen LogP contribution in [0.3, 0.4) is 0 Å². The quantitative estimate of drug-likeness (QED) is 0.0655. The third-order valence-electron chi connectivity index (χ3n) is 0.332. The van der Waals surface area contributed by atoms with Crippen LogP contribution in [0.1, 0.15) is 0 Å². The Hall–Kier alpha value is -3.45. The number of nitrogens with two attached hydrogens (primary N) is 7. The molecule has 0 radical (unpaired) electrons. The van der Waals surface area contributed by atoms with E-state index in [2.05, 4.69) is 33.9 Å². The third kappa shape index (κ3) is 352. The molecule has 18 N–H and O–H groups in total. The zero-order valence-corrected chi connectivity index (χ0v) is 9.70. The second-order valence-electron chi connectivity index (χ2n) is 2.07. The maximum Gasteiger partial charge on any atom is 0.414 e. The van der Waals surface area contributed by atoms with Gasteiger partial charge in [0, 0.05) is 0 Å². The second kappa shape index (κ2) is 17.0. The number of hydrazone groups is 1. The minimum absolute atomic E-state index is 0.0926. The van der Waals surface area contributed by atoms with E-state index in [1.165, 1.54) is 0 Å². The number of aliphatic carboxylic acids is 2. The summed E-state index contributed by atoms with van der Waals surface area (Å²) in [5.41, 5.74) is 27.3. The summed E-state index contributed by atoms with van der Waals surface area (Å²) in [6, 6.07) is 0. The van der Waals surface area contributed by atoms with Crippen LogP contribution in [0, 0.1) is 10.8 Å². The molecule has 0 atom stereocenters. The Balaban J connectivity index is -0.0000000803. The maximum atomic E-state index is 9.10. The SMILES string of the molecule is N=C(N)N.N=C(N)N.NN=C(N)N.O=C(O)C(=O)O. The minimum Gasteiger partial charge on any atom is -0.473 e. The molecular formula is C5H18N10O4. The molecule has 0 saturated heterocycles.